The van der Waals surface area contributed by atoms with Gasteiger partial charge in [-0.25, -0.2) is 13.8 Å². The van der Waals surface area contributed by atoms with Crippen molar-refractivity contribution in [2.75, 3.05) is 12.4 Å². The number of halogens is 2. The van der Waals surface area contributed by atoms with Gasteiger partial charge in [0.05, 0.1) is 19.2 Å². The number of carbonyl (C=O) groups is 2. The van der Waals surface area contributed by atoms with Crippen LogP contribution < -0.4 is 5.32 Å². The second-order valence-electron chi connectivity index (χ2n) is 3.98. The molecule has 1 aromatic carbocycles. The third-order valence-electron chi connectivity index (χ3n) is 2.51. The SMILES string of the molecule is COC(=O)Cc1csc(NC(=O)c2ccc(F)c(F)c2)n1. The Morgan fingerprint density at radius 3 is 2.76 bits per heavy atom. The summed E-state index contributed by atoms with van der Waals surface area (Å²) >= 11 is 1.11. The second kappa shape index (κ2) is 6.40. The molecule has 0 aliphatic carbocycles. The number of aromatic nitrogens is 1. The van der Waals surface area contributed by atoms with Crippen molar-refractivity contribution in [3.8, 4) is 0 Å². The monoisotopic (exact) mass is 312 g/mol. The van der Waals surface area contributed by atoms with Gasteiger partial charge in [0.15, 0.2) is 16.8 Å². The van der Waals surface area contributed by atoms with Gasteiger partial charge in [-0.1, -0.05) is 0 Å². The standard InChI is InChI=1S/C13H10F2N2O3S/c1-20-11(18)5-8-6-21-13(16-8)17-12(19)7-2-3-9(14)10(15)4-7/h2-4,6H,5H2,1H3,(H,16,17,19). The molecule has 0 bridgehead atoms. The Labute approximate surface area is 122 Å². The summed E-state index contributed by atoms with van der Waals surface area (Å²) in [6, 6.07) is 2.83. The first-order valence-electron chi connectivity index (χ1n) is 5.77. The molecular weight excluding hydrogens is 302 g/mol. The first kappa shape index (κ1) is 15.0. The number of hydrogen-bond donors (Lipinski definition) is 1. The molecule has 0 saturated carbocycles. The van der Waals surface area contributed by atoms with Crippen LogP contribution in [0.4, 0.5) is 13.9 Å². The number of thiazole rings is 1. The van der Waals surface area contributed by atoms with Gasteiger partial charge in [0.25, 0.3) is 5.91 Å². The Hall–Kier alpha value is -2.35. The van der Waals surface area contributed by atoms with Crippen molar-refractivity contribution in [2.45, 2.75) is 6.42 Å². The lowest BCUT2D eigenvalue weighted by molar-refractivity contribution is -0.139. The molecule has 110 valence electrons. The maximum atomic E-state index is 13.0. The van der Waals surface area contributed by atoms with Crippen LogP contribution >= 0.6 is 11.3 Å². The molecule has 2 rings (SSSR count). The van der Waals surface area contributed by atoms with Crippen LogP contribution in [0.15, 0.2) is 23.6 Å². The number of hydrogen-bond acceptors (Lipinski definition) is 5. The van der Waals surface area contributed by atoms with Crippen LogP contribution in [0, 0.1) is 11.6 Å². The minimum atomic E-state index is -1.10. The Kier molecular flexibility index (Phi) is 4.59. The number of nitrogens with one attached hydrogen (secondary N) is 1. The molecule has 2 aromatic rings. The summed E-state index contributed by atoms with van der Waals surface area (Å²) in [5.74, 6) is -3.19. The number of carbonyl (C=O) groups excluding carboxylic acids is 2. The van der Waals surface area contributed by atoms with Crippen molar-refractivity contribution in [1.82, 2.24) is 4.98 Å². The van der Waals surface area contributed by atoms with Crippen LogP contribution in [0.5, 0.6) is 0 Å². The van der Waals surface area contributed by atoms with Gasteiger partial charge in [-0.05, 0) is 18.2 Å². The van der Waals surface area contributed by atoms with Crippen molar-refractivity contribution in [3.05, 3.63) is 46.5 Å². The zero-order chi connectivity index (χ0) is 15.4. The van der Waals surface area contributed by atoms with Crippen LogP contribution in [0.3, 0.4) is 0 Å². The summed E-state index contributed by atoms with van der Waals surface area (Å²) < 4.78 is 30.3. The zero-order valence-corrected chi connectivity index (χ0v) is 11.7. The Balaban J connectivity index is 2.05. The smallest absolute Gasteiger partial charge is 0.311 e. The van der Waals surface area contributed by atoms with E-state index in [0.717, 1.165) is 29.5 Å². The van der Waals surface area contributed by atoms with E-state index in [-0.39, 0.29) is 17.1 Å². The van der Waals surface area contributed by atoms with E-state index in [0.29, 0.717) is 5.69 Å². The third kappa shape index (κ3) is 3.82. The minimum Gasteiger partial charge on any atom is -0.469 e. The number of nitrogens with zero attached hydrogens (tertiary/aromatic N) is 1. The van der Waals surface area contributed by atoms with Gasteiger partial charge < -0.3 is 4.74 Å². The van der Waals surface area contributed by atoms with E-state index < -0.39 is 23.5 Å². The van der Waals surface area contributed by atoms with E-state index in [1.54, 1.807) is 5.38 Å². The molecule has 5 nitrogen and oxygen atoms in total. The summed E-state index contributed by atoms with van der Waals surface area (Å²) in [6.45, 7) is 0. The van der Waals surface area contributed by atoms with Crippen LogP contribution in [0.25, 0.3) is 0 Å². The normalized spacial score (nSPS) is 10.2. The minimum absolute atomic E-state index is 0.00591. The third-order valence-corrected chi connectivity index (χ3v) is 3.31. The number of amides is 1. The summed E-state index contributed by atoms with van der Waals surface area (Å²) in [5.41, 5.74) is 0.422. The Bertz CT molecular complexity index is 688. The highest BCUT2D eigenvalue weighted by atomic mass is 32.1. The van der Waals surface area contributed by atoms with E-state index in [1.165, 1.54) is 7.11 Å². The summed E-state index contributed by atoms with van der Waals surface area (Å²) in [5, 5.41) is 4.29. The lowest BCUT2D eigenvalue weighted by atomic mass is 10.2. The molecule has 1 heterocycles. The van der Waals surface area contributed by atoms with E-state index in [2.05, 4.69) is 15.0 Å². The molecule has 0 fully saturated rings. The molecule has 0 saturated heterocycles. The maximum absolute atomic E-state index is 13.0. The lowest BCUT2D eigenvalue weighted by Gasteiger charge is -2.02. The van der Waals surface area contributed by atoms with Crippen LogP contribution in [-0.4, -0.2) is 24.0 Å². The van der Waals surface area contributed by atoms with Gasteiger partial charge in [-0.2, -0.15) is 0 Å². The molecule has 0 aliphatic heterocycles. The highest BCUT2D eigenvalue weighted by Gasteiger charge is 2.13. The predicted octanol–water partition coefficient (Wildman–Crippen LogP) is 2.39. The first-order valence-corrected chi connectivity index (χ1v) is 6.65. The molecule has 1 N–H and O–H groups in total. The first-order chi connectivity index (χ1) is 9.99. The van der Waals surface area contributed by atoms with E-state index in [9.17, 15) is 18.4 Å². The van der Waals surface area contributed by atoms with Crippen LogP contribution in [-0.2, 0) is 16.0 Å². The fourth-order valence-electron chi connectivity index (χ4n) is 1.47. The van der Waals surface area contributed by atoms with Crippen molar-refractivity contribution in [1.29, 1.82) is 0 Å². The number of rotatable bonds is 4. The number of esters is 1. The molecule has 0 unspecified atom stereocenters. The largest absolute Gasteiger partial charge is 0.469 e. The summed E-state index contributed by atoms with van der Waals surface area (Å²) in [7, 11) is 1.26. The molecule has 0 aliphatic rings. The van der Waals surface area contributed by atoms with E-state index in [1.807, 2.05) is 0 Å². The molecule has 8 heteroatoms. The van der Waals surface area contributed by atoms with E-state index >= 15 is 0 Å². The second-order valence-corrected chi connectivity index (χ2v) is 4.84. The quantitative estimate of drug-likeness (QED) is 0.880. The van der Waals surface area contributed by atoms with Gasteiger partial charge >= 0.3 is 5.97 Å². The van der Waals surface area contributed by atoms with Crippen molar-refractivity contribution < 1.29 is 23.1 Å². The highest BCUT2D eigenvalue weighted by molar-refractivity contribution is 7.14. The Morgan fingerprint density at radius 2 is 2.10 bits per heavy atom. The molecular formula is C13H10F2N2O3S. The van der Waals surface area contributed by atoms with Gasteiger partial charge in [-0.3, -0.25) is 14.9 Å². The number of anilines is 1. The zero-order valence-electron chi connectivity index (χ0n) is 10.9. The van der Waals surface area contributed by atoms with Gasteiger partial charge in [0.2, 0.25) is 0 Å². The Morgan fingerprint density at radius 1 is 1.33 bits per heavy atom. The van der Waals surface area contributed by atoms with Crippen LogP contribution in [0.1, 0.15) is 16.1 Å². The molecule has 0 spiro atoms. The summed E-state index contributed by atoms with van der Waals surface area (Å²) in [6.07, 6.45) is -0.00591. The topological polar surface area (TPSA) is 68.3 Å². The fourth-order valence-corrected chi connectivity index (χ4v) is 2.18. The number of benzene rings is 1. The van der Waals surface area contributed by atoms with Gasteiger partial charge in [-0.15, -0.1) is 11.3 Å². The van der Waals surface area contributed by atoms with Gasteiger partial charge in [0.1, 0.15) is 0 Å². The highest BCUT2D eigenvalue weighted by Crippen LogP contribution is 2.18. The van der Waals surface area contributed by atoms with Crippen molar-refractivity contribution in [3.63, 3.8) is 0 Å². The fraction of sp³-hybridized carbons (Fsp3) is 0.154. The average molecular weight is 312 g/mol. The predicted molar refractivity (Wildman–Crippen MR) is 72.1 cm³/mol. The average Bonchev–Trinajstić information content (AvgIpc) is 2.88. The van der Waals surface area contributed by atoms with Crippen molar-refractivity contribution >= 4 is 28.3 Å². The van der Waals surface area contributed by atoms with E-state index in [4.69, 9.17) is 0 Å². The number of methoxy groups -OCH3 is 1. The van der Waals surface area contributed by atoms with Crippen LogP contribution in [0.2, 0.25) is 0 Å². The lowest BCUT2D eigenvalue weighted by Crippen LogP contribution is -2.12. The van der Waals surface area contributed by atoms with Crippen molar-refractivity contribution in [2.24, 2.45) is 0 Å². The molecule has 1 aromatic heterocycles. The molecule has 1 amide bonds. The maximum Gasteiger partial charge on any atom is 0.311 e. The summed E-state index contributed by atoms with van der Waals surface area (Å²) in [4.78, 5) is 26.9. The molecule has 0 radical (unpaired) electrons. The van der Waals surface area contributed by atoms with Gasteiger partial charge in [0, 0.05) is 10.9 Å². The number of ether oxygens (including phenoxy) is 1. The molecule has 21 heavy (non-hydrogen) atoms. The molecule has 0 atom stereocenters.